The van der Waals surface area contributed by atoms with Crippen molar-refractivity contribution in [2.75, 3.05) is 6.61 Å². The summed E-state index contributed by atoms with van der Waals surface area (Å²) in [4.78, 5) is 0. The minimum Gasteiger partial charge on any atom is -0.490 e. The third-order valence-corrected chi connectivity index (χ3v) is 3.20. The second-order valence-corrected chi connectivity index (χ2v) is 4.70. The minimum atomic E-state index is 0.379. The number of ether oxygens (including phenoxy) is 2. The molecule has 0 aliphatic rings. The van der Waals surface area contributed by atoms with Gasteiger partial charge in [-0.25, -0.2) is 0 Å². The predicted molar refractivity (Wildman–Crippen MR) is 85.2 cm³/mol. The van der Waals surface area contributed by atoms with E-state index < -0.39 is 0 Å². The van der Waals surface area contributed by atoms with E-state index >= 15 is 0 Å². The fourth-order valence-electron chi connectivity index (χ4n) is 1.85. The maximum atomic E-state index is 6.12. The van der Waals surface area contributed by atoms with E-state index in [0.717, 1.165) is 11.1 Å². The molecule has 0 atom stereocenters. The minimum absolute atomic E-state index is 0.379. The molecular weight excluding hydrogens is 288 g/mol. The van der Waals surface area contributed by atoms with Crippen LogP contribution in [0.15, 0.2) is 47.6 Å². The van der Waals surface area contributed by atoms with Gasteiger partial charge in [-0.3, -0.25) is 0 Å². The van der Waals surface area contributed by atoms with Crippen LogP contribution in [0.1, 0.15) is 18.1 Å². The SMILES string of the molecule is CCOc1cc(C=NN)ccc1OCc1ccccc1Cl. The summed E-state index contributed by atoms with van der Waals surface area (Å²) >= 11 is 6.12. The number of halogens is 1. The molecule has 0 aliphatic heterocycles. The lowest BCUT2D eigenvalue weighted by Crippen LogP contribution is -2.01. The second-order valence-electron chi connectivity index (χ2n) is 4.30. The molecule has 0 heterocycles. The Morgan fingerprint density at radius 3 is 2.67 bits per heavy atom. The van der Waals surface area contributed by atoms with E-state index in [1.807, 2.05) is 49.4 Å². The molecule has 0 aromatic heterocycles. The maximum absolute atomic E-state index is 6.12. The average molecular weight is 305 g/mol. The number of nitrogens with two attached hydrogens (primary N) is 1. The van der Waals surface area contributed by atoms with Crippen LogP contribution >= 0.6 is 11.6 Å². The molecule has 0 bridgehead atoms. The molecule has 4 nitrogen and oxygen atoms in total. The first-order chi connectivity index (χ1) is 10.2. The van der Waals surface area contributed by atoms with E-state index in [1.54, 1.807) is 6.21 Å². The molecule has 0 saturated carbocycles. The van der Waals surface area contributed by atoms with E-state index in [9.17, 15) is 0 Å². The first-order valence-electron chi connectivity index (χ1n) is 6.61. The van der Waals surface area contributed by atoms with Crippen LogP contribution in [0.5, 0.6) is 11.5 Å². The highest BCUT2D eigenvalue weighted by Crippen LogP contribution is 2.29. The van der Waals surface area contributed by atoms with Crippen molar-refractivity contribution in [3.63, 3.8) is 0 Å². The van der Waals surface area contributed by atoms with Gasteiger partial charge in [0.05, 0.1) is 12.8 Å². The summed E-state index contributed by atoms with van der Waals surface area (Å²) in [5, 5.41) is 4.19. The highest BCUT2D eigenvalue weighted by Gasteiger charge is 2.07. The van der Waals surface area contributed by atoms with Crippen molar-refractivity contribution >= 4 is 17.8 Å². The van der Waals surface area contributed by atoms with Gasteiger partial charge in [-0.2, -0.15) is 5.10 Å². The zero-order valence-corrected chi connectivity index (χ0v) is 12.5. The van der Waals surface area contributed by atoms with Crippen molar-refractivity contribution in [3.05, 3.63) is 58.6 Å². The summed E-state index contributed by atoms with van der Waals surface area (Å²) in [5.74, 6) is 6.47. The Hall–Kier alpha value is -2.20. The smallest absolute Gasteiger partial charge is 0.161 e. The molecule has 0 radical (unpaired) electrons. The van der Waals surface area contributed by atoms with Crippen molar-refractivity contribution in [2.24, 2.45) is 10.9 Å². The zero-order chi connectivity index (χ0) is 15.1. The molecule has 0 aliphatic carbocycles. The molecule has 2 N–H and O–H groups in total. The molecule has 5 heteroatoms. The Labute approximate surface area is 129 Å². The van der Waals surface area contributed by atoms with Crippen LogP contribution in [-0.2, 0) is 6.61 Å². The van der Waals surface area contributed by atoms with Crippen LogP contribution in [0.3, 0.4) is 0 Å². The number of hydrazone groups is 1. The van der Waals surface area contributed by atoms with Crippen molar-refractivity contribution < 1.29 is 9.47 Å². The summed E-state index contributed by atoms with van der Waals surface area (Å²) in [6.45, 7) is 2.84. The van der Waals surface area contributed by atoms with Crippen molar-refractivity contribution in [1.29, 1.82) is 0 Å². The van der Waals surface area contributed by atoms with E-state index in [0.29, 0.717) is 29.7 Å². The van der Waals surface area contributed by atoms with Gasteiger partial charge < -0.3 is 15.3 Å². The van der Waals surface area contributed by atoms with Gasteiger partial charge in [0.2, 0.25) is 0 Å². The Bertz CT molecular complexity index is 629. The van der Waals surface area contributed by atoms with Gasteiger partial charge >= 0.3 is 0 Å². The van der Waals surface area contributed by atoms with Crippen LogP contribution in [0.4, 0.5) is 0 Å². The quantitative estimate of drug-likeness (QED) is 0.504. The highest BCUT2D eigenvalue weighted by molar-refractivity contribution is 6.31. The molecular formula is C16H17ClN2O2. The third kappa shape index (κ3) is 4.13. The lowest BCUT2D eigenvalue weighted by atomic mass is 10.2. The van der Waals surface area contributed by atoms with E-state index in [2.05, 4.69) is 5.10 Å². The molecule has 2 aromatic rings. The fourth-order valence-corrected chi connectivity index (χ4v) is 2.04. The van der Waals surface area contributed by atoms with Crippen molar-refractivity contribution in [2.45, 2.75) is 13.5 Å². The number of rotatable bonds is 6. The summed E-state index contributed by atoms with van der Waals surface area (Å²) in [5.41, 5.74) is 1.78. The van der Waals surface area contributed by atoms with Gasteiger partial charge in [0.25, 0.3) is 0 Å². The Kier molecular flexibility index (Phi) is 5.46. The third-order valence-electron chi connectivity index (χ3n) is 2.83. The molecule has 0 unspecified atom stereocenters. The number of hydrogen-bond acceptors (Lipinski definition) is 4. The van der Waals surface area contributed by atoms with Gasteiger partial charge in [0.15, 0.2) is 11.5 Å². The van der Waals surface area contributed by atoms with Crippen molar-refractivity contribution in [1.82, 2.24) is 0 Å². The zero-order valence-electron chi connectivity index (χ0n) is 11.8. The van der Waals surface area contributed by atoms with E-state index in [4.69, 9.17) is 26.9 Å². The fraction of sp³-hybridized carbons (Fsp3) is 0.188. The molecule has 2 rings (SSSR count). The molecule has 0 spiro atoms. The normalized spacial score (nSPS) is 10.8. The van der Waals surface area contributed by atoms with Crippen LogP contribution in [0.25, 0.3) is 0 Å². The van der Waals surface area contributed by atoms with Gasteiger partial charge in [-0.05, 0) is 36.8 Å². The number of nitrogens with zero attached hydrogens (tertiary/aromatic N) is 1. The van der Waals surface area contributed by atoms with Crippen LogP contribution in [0.2, 0.25) is 5.02 Å². The number of hydrogen-bond donors (Lipinski definition) is 1. The van der Waals surface area contributed by atoms with Crippen LogP contribution in [-0.4, -0.2) is 12.8 Å². The Morgan fingerprint density at radius 1 is 1.14 bits per heavy atom. The molecule has 0 amide bonds. The number of benzene rings is 2. The Balaban J connectivity index is 2.17. The standard InChI is InChI=1S/C16H17ClN2O2/c1-2-20-16-9-12(10-19-18)7-8-15(16)21-11-13-5-3-4-6-14(13)17/h3-10H,2,11,18H2,1H3. The van der Waals surface area contributed by atoms with Gasteiger partial charge in [-0.15, -0.1) is 0 Å². The summed E-state index contributed by atoms with van der Waals surface area (Å²) < 4.78 is 11.4. The first kappa shape index (κ1) is 15.2. The van der Waals surface area contributed by atoms with Gasteiger partial charge in [-0.1, -0.05) is 29.8 Å². The van der Waals surface area contributed by atoms with E-state index in [1.165, 1.54) is 0 Å². The van der Waals surface area contributed by atoms with Crippen molar-refractivity contribution in [3.8, 4) is 11.5 Å². The highest BCUT2D eigenvalue weighted by atomic mass is 35.5. The largest absolute Gasteiger partial charge is 0.490 e. The monoisotopic (exact) mass is 304 g/mol. The Morgan fingerprint density at radius 2 is 1.95 bits per heavy atom. The van der Waals surface area contributed by atoms with Crippen LogP contribution < -0.4 is 15.3 Å². The first-order valence-corrected chi connectivity index (χ1v) is 6.98. The van der Waals surface area contributed by atoms with Crippen LogP contribution in [0, 0.1) is 0 Å². The topological polar surface area (TPSA) is 56.8 Å². The maximum Gasteiger partial charge on any atom is 0.161 e. The molecule has 21 heavy (non-hydrogen) atoms. The molecule has 0 fully saturated rings. The summed E-state index contributed by atoms with van der Waals surface area (Å²) in [7, 11) is 0. The summed E-state index contributed by atoms with van der Waals surface area (Å²) in [6, 6.07) is 13.1. The lowest BCUT2D eigenvalue weighted by Gasteiger charge is -2.13. The molecule has 0 saturated heterocycles. The van der Waals surface area contributed by atoms with Gasteiger partial charge in [0.1, 0.15) is 6.61 Å². The summed E-state index contributed by atoms with van der Waals surface area (Å²) in [6.07, 6.45) is 1.56. The lowest BCUT2D eigenvalue weighted by molar-refractivity contribution is 0.269. The molecule has 110 valence electrons. The van der Waals surface area contributed by atoms with E-state index in [-0.39, 0.29) is 0 Å². The average Bonchev–Trinajstić information content (AvgIpc) is 2.49. The molecule has 2 aromatic carbocycles. The van der Waals surface area contributed by atoms with Gasteiger partial charge in [0, 0.05) is 10.6 Å². The second kappa shape index (κ2) is 7.55. The predicted octanol–water partition coefficient (Wildman–Crippen LogP) is 3.61.